The van der Waals surface area contributed by atoms with Gasteiger partial charge in [-0.25, -0.2) is 4.79 Å². The van der Waals surface area contributed by atoms with E-state index in [4.69, 9.17) is 11.6 Å². The maximum atomic E-state index is 11.8. The SMILES string of the molecule is Cn1ccn(CC(=O)c2ccc(Cl)s2)c1=O. The Hall–Kier alpha value is -1.33. The smallest absolute Gasteiger partial charge is 0.302 e. The molecule has 2 rings (SSSR count). The first-order chi connectivity index (χ1) is 7.58. The van der Waals surface area contributed by atoms with Crippen molar-refractivity contribution in [1.29, 1.82) is 0 Å². The molecule has 0 unspecified atom stereocenters. The minimum atomic E-state index is -0.198. The average molecular weight is 257 g/mol. The van der Waals surface area contributed by atoms with Gasteiger partial charge in [0.2, 0.25) is 0 Å². The van der Waals surface area contributed by atoms with Crippen LogP contribution in [0.5, 0.6) is 0 Å². The van der Waals surface area contributed by atoms with E-state index in [0.29, 0.717) is 9.21 Å². The molecule has 16 heavy (non-hydrogen) atoms. The molecule has 6 heteroatoms. The zero-order chi connectivity index (χ0) is 11.7. The van der Waals surface area contributed by atoms with E-state index >= 15 is 0 Å². The zero-order valence-corrected chi connectivity index (χ0v) is 10.1. The van der Waals surface area contributed by atoms with Gasteiger partial charge in [-0.1, -0.05) is 11.6 Å². The molecule has 0 radical (unpaired) electrons. The van der Waals surface area contributed by atoms with Crippen molar-refractivity contribution in [2.24, 2.45) is 7.05 Å². The summed E-state index contributed by atoms with van der Waals surface area (Å²) in [5.41, 5.74) is -0.198. The quantitative estimate of drug-likeness (QED) is 0.786. The van der Waals surface area contributed by atoms with Crippen LogP contribution >= 0.6 is 22.9 Å². The molecular formula is C10H9ClN2O2S. The molecule has 0 amide bonds. The number of hydrogen-bond acceptors (Lipinski definition) is 3. The Morgan fingerprint density at radius 3 is 2.69 bits per heavy atom. The van der Waals surface area contributed by atoms with Crippen LogP contribution in [-0.4, -0.2) is 14.9 Å². The number of carbonyl (C=O) groups is 1. The fourth-order valence-electron chi connectivity index (χ4n) is 1.33. The fourth-order valence-corrected chi connectivity index (χ4v) is 2.30. The Kier molecular flexibility index (Phi) is 2.98. The summed E-state index contributed by atoms with van der Waals surface area (Å²) < 4.78 is 3.37. The third kappa shape index (κ3) is 2.10. The lowest BCUT2D eigenvalue weighted by Crippen LogP contribution is -2.24. The summed E-state index contributed by atoms with van der Waals surface area (Å²) in [6.07, 6.45) is 3.21. The van der Waals surface area contributed by atoms with Gasteiger partial charge in [-0.05, 0) is 12.1 Å². The summed E-state index contributed by atoms with van der Waals surface area (Å²) >= 11 is 6.96. The zero-order valence-electron chi connectivity index (χ0n) is 8.51. The molecule has 0 aliphatic heterocycles. The average Bonchev–Trinajstić information content (AvgIpc) is 2.79. The van der Waals surface area contributed by atoms with Gasteiger partial charge in [0.25, 0.3) is 0 Å². The first kappa shape index (κ1) is 11.2. The molecule has 4 nitrogen and oxygen atoms in total. The number of ketones is 1. The second-order valence-electron chi connectivity index (χ2n) is 3.35. The molecule has 0 bridgehead atoms. The Morgan fingerprint density at radius 1 is 1.44 bits per heavy atom. The maximum absolute atomic E-state index is 11.8. The number of imidazole rings is 1. The van der Waals surface area contributed by atoms with Gasteiger partial charge in [0.1, 0.15) is 0 Å². The van der Waals surface area contributed by atoms with Crippen LogP contribution in [0.25, 0.3) is 0 Å². The molecule has 2 heterocycles. The molecule has 0 aromatic carbocycles. The van der Waals surface area contributed by atoms with Crippen LogP contribution in [0, 0.1) is 0 Å². The van der Waals surface area contributed by atoms with Gasteiger partial charge in [0.05, 0.1) is 15.8 Å². The Bertz CT molecular complexity index is 582. The van der Waals surface area contributed by atoms with Gasteiger partial charge in [-0.3, -0.25) is 9.36 Å². The molecule has 0 spiro atoms. The van der Waals surface area contributed by atoms with Gasteiger partial charge >= 0.3 is 5.69 Å². The molecule has 2 aromatic rings. The Morgan fingerprint density at radius 2 is 2.19 bits per heavy atom. The van der Waals surface area contributed by atoms with Crippen molar-refractivity contribution in [3.05, 3.63) is 44.2 Å². The van der Waals surface area contributed by atoms with E-state index in [-0.39, 0.29) is 18.0 Å². The fraction of sp³-hybridized carbons (Fsp3) is 0.200. The van der Waals surface area contributed by atoms with E-state index in [2.05, 4.69) is 0 Å². The molecule has 2 aromatic heterocycles. The summed E-state index contributed by atoms with van der Waals surface area (Å²) in [5.74, 6) is -0.106. The van der Waals surface area contributed by atoms with Crippen molar-refractivity contribution in [3.8, 4) is 0 Å². The molecule has 0 aliphatic rings. The molecule has 0 saturated heterocycles. The summed E-state index contributed by atoms with van der Waals surface area (Å²) in [7, 11) is 1.64. The number of halogens is 1. The van der Waals surface area contributed by atoms with Crippen LogP contribution in [0.15, 0.2) is 29.3 Å². The number of rotatable bonds is 3. The second-order valence-corrected chi connectivity index (χ2v) is 5.06. The monoisotopic (exact) mass is 256 g/mol. The van der Waals surface area contributed by atoms with Crippen LogP contribution in [0.3, 0.4) is 0 Å². The third-order valence-electron chi connectivity index (χ3n) is 2.18. The van der Waals surface area contributed by atoms with Gasteiger partial charge in [-0.15, -0.1) is 11.3 Å². The number of hydrogen-bond donors (Lipinski definition) is 0. The molecular weight excluding hydrogens is 248 g/mol. The van der Waals surface area contributed by atoms with Gasteiger partial charge in [-0.2, -0.15) is 0 Å². The predicted octanol–water partition coefficient (Wildman–Crippen LogP) is 1.78. The molecule has 84 valence electrons. The Labute approximate surface area is 101 Å². The van der Waals surface area contributed by atoms with Crippen LogP contribution in [0.1, 0.15) is 9.67 Å². The van der Waals surface area contributed by atoms with Crippen molar-refractivity contribution in [2.75, 3.05) is 0 Å². The normalized spacial score (nSPS) is 10.6. The number of aryl methyl sites for hydroxylation is 1. The van der Waals surface area contributed by atoms with Crippen LogP contribution in [-0.2, 0) is 13.6 Å². The standard InChI is InChI=1S/C10H9ClN2O2S/c1-12-4-5-13(10(12)15)6-7(14)8-2-3-9(11)16-8/h2-5H,6H2,1H3. The Balaban J connectivity index is 2.20. The lowest BCUT2D eigenvalue weighted by atomic mass is 10.3. The third-order valence-corrected chi connectivity index (χ3v) is 3.45. The van der Waals surface area contributed by atoms with Crippen LogP contribution in [0.2, 0.25) is 4.34 Å². The largest absolute Gasteiger partial charge is 0.328 e. The predicted molar refractivity (Wildman–Crippen MR) is 63.3 cm³/mol. The van der Waals surface area contributed by atoms with E-state index in [1.165, 1.54) is 20.5 Å². The summed E-state index contributed by atoms with van der Waals surface area (Å²) in [6, 6.07) is 3.34. The van der Waals surface area contributed by atoms with Crippen LogP contribution in [0.4, 0.5) is 0 Å². The van der Waals surface area contributed by atoms with Crippen molar-refractivity contribution in [3.63, 3.8) is 0 Å². The highest BCUT2D eigenvalue weighted by Gasteiger charge is 2.11. The number of nitrogens with zero attached hydrogens (tertiary/aromatic N) is 2. The summed E-state index contributed by atoms with van der Waals surface area (Å²) in [4.78, 5) is 23.8. The minimum Gasteiger partial charge on any atom is -0.302 e. The highest BCUT2D eigenvalue weighted by atomic mass is 35.5. The highest BCUT2D eigenvalue weighted by Crippen LogP contribution is 2.21. The summed E-state index contributed by atoms with van der Waals surface area (Å²) in [6.45, 7) is 0.0521. The second kappa shape index (κ2) is 4.27. The van der Waals surface area contributed by atoms with E-state index in [1.54, 1.807) is 31.6 Å². The van der Waals surface area contributed by atoms with E-state index < -0.39 is 0 Å². The lowest BCUT2D eigenvalue weighted by molar-refractivity contribution is 0.0974. The first-order valence-corrected chi connectivity index (χ1v) is 5.77. The van der Waals surface area contributed by atoms with E-state index in [0.717, 1.165) is 0 Å². The number of aromatic nitrogens is 2. The molecule has 0 N–H and O–H groups in total. The maximum Gasteiger partial charge on any atom is 0.328 e. The number of thiophene rings is 1. The molecule has 0 aliphatic carbocycles. The van der Waals surface area contributed by atoms with Crippen molar-refractivity contribution >= 4 is 28.7 Å². The molecule has 0 atom stereocenters. The van der Waals surface area contributed by atoms with Gasteiger partial charge < -0.3 is 4.57 Å². The van der Waals surface area contributed by atoms with Gasteiger partial charge in [0, 0.05) is 19.4 Å². The minimum absolute atomic E-state index is 0.0521. The van der Waals surface area contributed by atoms with Crippen molar-refractivity contribution < 1.29 is 4.79 Å². The van der Waals surface area contributed by atoms with Crippen LogP contribution < -0.4 is 5.69 Å². The molecule has 0 fully saturated rings. The first-order valence-electron chi connectivity index (χ1n) is 4.58. The topological polar surface area (TPSA) is 44.0 Å². The number of carbonyl (C=O) groups excluding carboxylic acids is 1. The van der Waals surface area contributed by atoms with E-state index in [9.17, 15) is 9.59 Å². The highest BCUT2D eigenvalue weighted by molar-refractivity contribution is 7.18. The lowest BCUT2D eigenvalue weighted by Gasteiger charge is -1.98. The van der Waals surface area contributed by atoms with Crippen molar-refractivity contribution in [1.82, 2.24) is 9.13 Å². The molecule has 0 saturated carbocycles. The van der Waals surface area contributed by atoms with Crippen molar-refractivity contribution in [2.45, 2.75) is 6.54 Å². The summed E-state index contributed by atoms with van der Waals surface area (Å²) in [5, 5.41) is 0. The number of Topliss-reactive ketones (excluding diaryl/α,β-unsaturated/α-hetero) is 1. The van der Waals surface area contributed by atoms with E-state index in [1.807, 2.05) is 0 Å². The van der Waals surface area contributed by atoms with Gasteiger partial charge in [0.15, 0.2) is 5.78 Å².